The van der Waals surface area contributed by atoms with Crippen LogP contribution >= 0.6 is 12.2 Å². The molecule has 0 amide bonds. The van der Waals surface area contributed by atoms with Crippen molar-refractivity contribution in [3.8, 4) is 0 Å². The van der Waals surface area contributed by atoms with E-state index < -0.39 is 0 Å². The fraction of sp³-hybridized carbons (Fsp3) is 0.562. The predicted octanol–water partition coefficient (Wildman–Crippen LogP) is 3.66. The van der Waals surface area contributed by atoms with E-state index in [1.54, 1.807) is 0 Å². The average molecular weight is 294 g/mol. The molecule has 2 N–H and O–H groups in total. The molecule has 3 nitrogen and oxygen atoms in total. The standard InChI is InChI=1S/C16H26N2OS/c1-4-6-7-14-8-9-15(13(3)12-14)18-16(20)17-10-11-19-5-2/h8-9,12H,4-7,10-11H2,1-3H3,(H2,17,18,20). The Morgan fingerprint density at radius 1 is 1.30 bits per heavy atom. The van der Waals surface area contributed by atoms with Crippen LogP contribution in [0, 0.1) is 6.92 Å². The van der Waals surface area contributed by atoms with Gasteiger partial charge in [0, 0.05) is 18.8 Å². The fourth-order valence-electron chi connectivity index (χ4n) is 1.95. The zero-order valence-electron chi connectivity index (χ0n) is 12.8. The Morgan fingerprint density at radius 2 is 2.10 bits per heavy atom. The van der Waals surface area contributed by atoms with Gasteiger partial charge in [-0.1, -0.05) is 25.5 Å². The quantitative estimate of drug-likeness (QED) is 0.566. The van der Waals surface area contributed by atoms with Crippen LogP contribution in [-0.2, 0) is 11.2 Å². The van der Waals surface area contributed by atoms with Crippen LogP contribution in [0.4, 0.5) is 5.69 Å². The van der Waals surface area contributed by atoms with Crippen LogP contribution in [0.2, 0.25) is 0 Å². The summed E-state index contributed by atoms with van der Waals surface area (Å²) in [5, 5.41) is 7.02. The van der Waals surface area contributed by atoms with E-state index in [1.807, 2.05) is 6.92 Å². The van der Waals surface area contributed by atoms with E-state index in [-0.39, 0.29) is 0 Å². The summed E-state index contributed by atoms with van der Waals surface area (Å²) in [6.07, 6.45) is 3.62. The van der Waals surface area contributed by atoms with E-state index in [0.717, 1.165) is 25.3 Å². The molecule has 0 saturated heterocycles. The van der Waals surface area contributed by atoms with E-state index in [9.17, 15) is 0 Å². The van der Waals surface area contributed by atoms with E-state index >= 15 is 0 Å². The van der Waals surface area contributed by atoms with Crippen LogP contribution in [0.5, 0.6) is 0 Å². The van der Waals surface area contributed by atoms with E-state index in [0.29, 0.717) is 11.7 Å². The topological polar surface area (TPSA) is 33.3 Å². The third-order valence-electron chi connectivity index (χ3n) is 3.09. The Balaban J connectivity index is 2.44. The van der Waals surface area contributed by atoms with Crippen molar-refractivity contribution in [1.29, 1.82) is 0 Å². The van der Waals surface area contributed by atoms with Crippen molar-refractivity contribution in [3.05, 3.63) is 29.3 Å². The Bertz CT molecular complexity index is 421. The normalized spacial score (nSPS) is 10.3. The van der Waals surface area contributed by atoms with Gasteiger partial charge >= 0.3 is 0 Å². The highest BCUT2D eigenvalue weighted by Crippen LogP contribution is 2.17. The number of hydrogen-bond acceptors (Lipinski definition) is 2. The maximum Gasteiger partial charge on any atom is 0.170 e. The fourth-order valence-corrected chi connectivity index (χ4v) is 2.16. The maximum atomic E-state index is 5.27. The molecule has 0 aromatic heterocycles. The first-order valence-electron chi connectivity index (χ1n) is 7.39. The highest BCUT2D eigenvalue weighted by atomic mass is 32.1. The van der Waals surface area contributed by atoms with Gasteiger partial charge in [-0.25, -0.2) is 0 Å². The second-order valence-electron chi connectivity index (χ2n) is 4.83. The summed E-state index contributed by atoms with van der Waals surface area (Å²) in [6.45, 7) is 8.45. The molecule has 0 fully saturated rings. The number of anilines is 1. The molecule has 0 heterocycles. The summed E-state index contributed by atoms with van der Waals surface area (Å²) < 4.78 is 5.26. The van der Waals surface area contributed by atoms with Crippen LogP contribution in [0.25, 0.3) is 0 Å². The Labute approximate surface area is 128 Å². The second-order valence-corrected chi connectivity index (χ2v) is 5.24. The first-order valence-corrected chi connectivity index (χ1v) is 7.80. The number of aryl methyl sites for hydroxylation is 2. The van der Waals surface area contributed by atoms with Gasteiger partial charge in [0.15, 0.2) is 5.11 Å². The van der Waals surface area contributed by atoms with Gasteiger partial charge in [-0.3, -0.25) is 0 Å². The molecule has 0 unspecified atom stereocenters. The van der Waals surface area contributed by atoms with Gasteiger partial charge in [0.2, 0.25) is 0 Å². The molecule has 0 aliphatic rings. The number of rotatable bonds is 8. The largest absolute Gasteiger partial charge is 0.380 e. The maximum absolute atomic E-state index is 5.27. The minimum absolute atomic E-state index is 0.647. The lowest BCUT2D eigenvalue weighted by molar-refractivity contribution is 0.152. The Kier molecular flexibility index (Phi) is 8.23. The van der Waals surface area contributed by atoms with Gasteiger partial charge in [-0.15, -0.1) is 0 Å². The molecule has 0 saturated carbocycles. The molecule has 1 aromatic rings. The van der Waals surface area contributed by atoms with Gasteiger partial charge in [-0.05, 0) is 56.1 Å². The van der Waals surface area contributed by atoms with Gasteiger partial charge in [0.25, 0.3) is 0 Å². The van der Waals surface area contributed by atoms with Crippen molar-refractivity contribution in [2.75, 3.05) is 25.1 Å². The molecular weight excluding hydrogens is 268 g/mol. The molecule has 0 aliphatic heterocycles. The molecule has 20 heavy (non-hydrogen) atoms. The molecule has 4 heteroatoms. The van der Waals surface area contributed by atoms with Gasteiger partial charge in [-0.2, -0.15) is 0 Å². The van der Waals surface area contributed by atoms with Crippen molar-refractivity contribution < 1.29 is 4.74 Å². The summed E-state index contributed by atoms with van der Waals surface area (Å²) in [4.78, 5) is 0. The van der Waals surface area contributed by atoms with Crippen LogP contribution in [0.15, 0.2) is 18.2 Å². The molecule has 1 aromatic carbocycles. The van der Waals surface area contributed by atoms with Crippen molar-refractivity contribution in [3.63, 3.8) is 0 Å². The average Bonchev–Trinajstić information content (AvgIpc) is 2.44. The first kappa shape index (κ1) is 16.9. The number of thiocarbonyl (C=S) groups is 1. The summed E-state index contributed by atoms with van der Waals surface area (Å²) >= 11 is 5.27. The van der Waals surface area contributed by atoms with Crippen molar-refractivity contribution >= 4 is 23.0 Å². The predicted molar refractivity (Wildman–Crippen MR) is 90.5 cm³/mol. The molecule has 0 aliphatic carbocycles. The molecule has 0 radical (unpaired) electrons. The van der Waals surface area contributed by atoms with Crippen molar-refractivity contribution in [1.82, 2.24) is 5.32 Å². The van der Waals surface area contributed by atoms with E-state index in [1.165, 1.54) is 24.0 Å². The second kappa shape index (κ2) is 9.72. The zero-order valence-corrected chi connectivity index (χ0v) is 13.6. The highest BCUT2D eigenvalue weighted by molar-refractivity contribution is 7.80. The van der Waals surface area contributed by atoms with Crippen molar-refractivity contribution in [2.24, 2.45) is 0 Å². The van der Waals surface area contributed by atoms with E-state index in [4.69, 9.17) is 17.0 Å². The summed E-state index contributed by atoms with van der Waals surface area (Å²) in [7, 11) is 0. The number of hydrogen-bond donors (Lipinski definition) is 2. The molecule has 1 rings (SSSR count). The zero-order chi connectivity index (χ0) is 14.8. The number of ether oxygens (including phenoxy) is 1. The van der Waals surface area contributed by atoms with E-state index in [2.05, 4.69) is 42.7 Å². The Hall–Kier alpha value is -1.13. The van der Waals surface area contributed by atoms with Gasteiger partial charge in [0.1, 0.15) is 0 Å². The SMILES string of the molecule is CCCCc1ccc(NC(=S)NCCOCC)c(C)c1. The molecule has 0 bridgehead atoms. The lowest BCUT2D eigenvalue weighted by atomic mass is 10.0. The van der Waals surface area contributed by atoms with Crippen molar-refractivity contribution in [2.45, 2.75) is 40.0 Å². The number of benzene rings is 1. The minimum Gasteiger partial charge on any atom is -0.380 e. The Morgan fingerprint density at radius 3 is 2.75 bits per heavy atom. The lowest BCUT2D eigenvalue weighted by Crippen LogP contribution is -2.31. The number of nitrogens with one attached hydrogen (secondary N) is 2. The van der Waals surface area contributed by atoms with Crippen LogP contribution in [0.1, 0.15) is 37.8 Å². The summed E-state index contributed by atoms with van der Waals surface area (Å²) in [5.74, 6) is 0. The van der Waals surface area contributed by atoms with Crippen LogP contribution < -0.4 is 10.6 Å². The van der Waals surface area contributed by atoms with Gasteiger partial charge in [0.05, 0.1) is 6.61 Å². The smallest absolute Gasteiger partial charge is 0.170 e. The first-order chi connectivity index (χ1) is 9.67. The third kappa shape index (κ3) is 6.35. The molecular formula is C16H26N2OS. The third-order valence-corrected chi connectivity index (χ3v) is 3.34. The lowest BCUT2D eigenvalue weighted by Gasteiger charge is -2.13. The molecule has 0 spiro atoms. The van der Waals surface area contributed by atoms with Crippen LogP contribution in [-0.4, -0.2) is 24.9 Å². The number of unbranched alkanes of at least 4 members (excludes halogenated alkanes) is 1. The summed E-state index contributed by atoms with van der Waals surface area (Å²) in [6, 6.07) is 6.52. The monoisotopic (exact) mass is 294 g/mol. The summed E-state index contributed by atoms with van der Waals surface area (Å²) in [5.41, 5.74) is 3.69. The highest BCUT2D eigenvalue weighted by Gasteiger charge is 2.02. The van der Waals surface area contributed by atoms with Crippen LogP contribution in [0.3, 0.4) is 0 Å². The molecule has 112 valence electrons. The van der Waals surface area contributed by atoms with Gasteiger partial charge < -0.3 is 15.4 Å². The minimum atomic E-state index is 0.647. The molecule has 0 atom stereocenters.